The molecule has 0 spiro atoms. The fourth-order valence-corrected chi connectivity index (χ4v) is 3.04. The predicted octanol–water partition coefficient (Wildman–Crippen LogP) is 4.99. The van der Waals surface area contributed by atoms with Crippen LogP contribution in [0.5, 0.6) is 5.75 Å². The molecule has 0 unspecified atom stereocenters. The number of hydrogen-bond acceptors (Lipinski definition) is 6. The maximum Gasteiger partial charge on any atom is 0.407 e. The number of benzene rings is 1. The number of nitrogens with one attached hydrogen (secondary N) is 1. The van der Waals surface area contributed by atoms with Gasteiger partial charge in [-0.25, -0.2) is 9.78 Å². The lowest BCUT2D eigenvalue weighted by Crippen LogP contribution is -2.37. The molecular weight excluding hydrogens is 410 g/mol. The standard InChI is InChI=1S/C21H24ClN3O5/c1-20(2,3)30-19(26)24-12-21(8-9-21)13-29-16-10-17(18(22)23-11-16)14-4-6-15(7-5-14)25(27)28/h4-7,10-11H,8-9,12-13H2,1-3H3,(H,24,26). The van der Waals surface area contributed by atoms with E-state index < -0.39 is 16.6 Å². The molecule has 1 aromatic heterocycles. The van der Waals surface area contributed by atoms with Crippen LogP contribution in [0.3, 0.4) is 0 Å². The number of carbonyl (C=O) groups excluding carboxylic acids is 1. The van der Waals surface area contributed by atoms with Gasteiger partial charge >= 0.3 is 6.09 Å². The quantitative estimate of drug-likeness (QED) is 0.374. The van der Waals surface area contributed by atoms with E-state index in [4.69, 9.17) is 21.1 Å². The van der Waals surface area contributed by atoms with Crippen LogP contribution in [-0.2, 0) is 4.74 Å². The van der Waals surface area contributed by atoms with Crippen molar-refractivity contribution >= 4 is 23.4 Å². The van der Waals surface area contributed by atoms with Crippen LogP contribution in [0.25, 0.3) is 11.1 Å². The molecule has 0 radical (unpaired) electrons. The highest BCUT2D eigenvalue weighted by molar-refractivity contribution is 6.32. The van der Waals surface area contributed by atoms with Gasteiger partial charge in [-0.05, 0) is 57.4 Å². The minimum atomic E-state index is -0.541. The molecule has 1 amide bonds. The van der Waals surface area contributed by atoms with E-state index in [1.54, 1.807) is 18.2 Å². The maximum atomic E-state index is 11.9. The number of carbonyl (C=O) groups is 1. The number of ether oxygens (including phenoxy) is 2. The third-order valence-electron chi connectivity index (χ3n) is 4.71. The molecule has 1 aliphatic carbocycles. The lowest BCUT2D eigenvalue weighted by molar-refractivity contribution is -0.384. The molecule has 9 heteroatoms. The van der Waals surface area contributed by atoms with Crippen LogP contribution in [0.2, 0.25) is 5.15 Å². The SMILES string of the molecule is CC(C)(C)OC(=O)NCC1(COc2cnc(Cl)c(-c3ccc([N+](=O)[O-])cc3)c2)CC1. The van der Waals surface area contributed by atoms with Gasteiger partial charge in [-0.1, -0.05) is 11.6 Å². The smallest absolute Gasteiger partial charge is 0.407 e. The van der Waals surface area contributed by atoms with E-state index in [0.717, 1.165) is 12.8 Å². The first-order valence-electron chi connectivity index (χ1n) is 9.57. The van der Waals surface area contributed by atoms with Crippen molar-refractivity contribution in [2.75, 3.05) is 13.2 Å². The van der Waals surface area contributed by atoms with Gasteiger partial charge in [-0.3, -0.25) is 10.1 Å². The minimum Gasteiger partial charge on any atom is -0.491 e. The highest BCUT2D eigenvalue weighted by atomic mass is 35.5. The van der Waals surface area contributed by atoms with Crippen LogP contribution in [0.15, 0.2) is 36.5 Å². The average molecular weight is 434 g/mol. The number of alkyl carbamates (subject to hydrolysis) is 1. The van der Waals surface area contributed by atoms with Gasteiger partial charge in [0.2, 0.25) is 0 Å². The number of amides is 1. The Morgan fingerprint density at radius 1 is 1.30 bits per heavy atom. The summed E-state index contributed by atoms with van der Waals surface area (Å²) in [4.78, 5) is 26.4. The summed E-state index contributed by atoms with van der Waals surface area (Å²) in [5.41, 5.74) is 0.672. The molecule has 8 nitrogen and oxygen atoms in total. The van der Waals surface area contributed by atoms with Crippen LogP contribution in [0.1, 0.15) is 33.6 Å². The maximum absolute atomic E-state index is 11.9. The third-order valence-corrected chi connectivity index (χ3v) is 5.01. The molecule has 1 fully saturated rings. The molecule has 1 aliphatic rings. The van der Waals surface area contributed by atoms with Crippen LogP contribution in [0, 0.1) is 15.5 Å². The summed E-state index contributed by atoms with van der Waals surface area (Å²) >= 11 is 6.21. The summed E-state index contributed by atoms with van der Waals surface area (Å²) in [6.45, 7) is 6.35. The van der Waals surface area contributed by atoms with Crippen LogP contribution in [-0.4, -0.2) is 34.8 Å². The van der Waals surface area contributed by atoms with Crippen molar-refractivity contribution in [3.05, 3.63) is 51.8 Å². The Kier molecular flexibility index (Phi) is 6.17. The second kappa shape index (κ2) is 8.47. The molecule has 1 saturated carbocycles. The van der Waals surface area contributed by atoms with Crippen molar-refractivity contribution in [1.29, 1.82) is 0 Å². The Labute approximate surface area is 179 Å². The molecule has 3 rings (SSSR count). The zero-order chi connectivity index (χ0) is 21.9. The van der Waals surface area contributed by atoms with Crippen molar-refractivity contribution in [2.24, 2.45) is 5.41 Å². The molecule has 0 bridgehead atoms. The van der Waals surface area contributed by atoms with Gasteiger partial charge < -0.3 is 14.8 Å². The number of nitro groups is 1. The Morgan fingerprint density at radius 2 is 1.97 bits per heavy atom. The first kappa shape index (κ1) is 21.8. The van der Waals surface area contributed by atoms with Gasteiger partial charge in [0.1, 0.15) is 16.5 Å². The highest BCUT2D eigenvalue weighted by Gasteiger charge is 2.44. The van der Waals surface area contributed by atoms with Gasteiger partial charge in [-0.2, -0.15) is 0 Å². The van der Waals surface area contributed by atoms with E-state index in [0.29, 0.717) is 30.0 Å². The van der Waals surface area contributed by atoms with Crippen molar-refractivity contribution in [2.45, 2.75) is 39.2 Å². The normalized spacial score (nSPS) is 14.7. The molecule has 1 N–H and O–H groups in total. The van der Waals surface area contributed by atoms with Gasteiger partial charge in [0.05, 0.1) is 17.7 Å². The van der Waals surface area contributed by atoms with E-state index in [1.165, 1.54) is 18.3 Å². The van der Waals surface area contributed by atoms with Crippen LogP contribution < -0.4 is 10.1 Å². The molecule has 1 heterocycles. The lowest BCUT2D eigenvalue weighted by atomic mass is 10.1. The monoisotopic (exact) mass is 433 g/mol. The molecule has 160 valence electrons. The van der Waals surface area contributed by atoms with Crippen molar-refractivity contribution in [3.63, 3.8) is 0 Å². The number of rotatable bonds is 7. The molecule has 2 aromatic rings. The fraction of sp³-hybridized carbons (Fsp3) is 0.429. The largest absolute Gasteiger partial charge is 0.491 e. The van der Waals surface area contributed by atoms with E-state index in [1.807, 2.05) is 20.8 Å². The molecule has 0 aliphatic heterocycles. The van der Waals surface area contributed by atoms with E-state index in [-0.39, 0.29) is 16.3 Å². The van der Waals surface area contributed by atoms with E-state index in [9.17, 15) is 14.9 Å². The van der Waals surface area contributed by atoms with Crippen molar-refractivity contribution in [1.82, 2.24) is 10.3 Å². The number of non-ortho nitro benzene ring substituents is 1. The van der Waals surface area contributed by atoms with Gasteiger partial charge in [0.25, 0.3) is 5.69 Å². The molecular formula is C21H24ClN3O5. The predicted molar refractivity (Wildman–Crippen MR) is 113 cm³/mol. The summed E-state index contributed by atoms with van der Waals surface area (Å²) < 4.78 is 11.2. The average Bonchev–Trinajstić information content (AvgIpc) is 3.45. The Bertz CT molecular complexity index is 937. The second-order valence-corrected chi connectivity index (χ2v) is 8.82. The molecule has 30 heavy (non-hydrogen) atoms. The Morgan fingerprint density at radius 3 is 2.53 bits per heavy atom. The number of aromatic nitrogens is 1. The zero-order valence-electron chi connectivity index (χ0n) is 17.1. The first-order chi connectivity index (χ1) is 14.1. The zero-order valence-corrected chi connectivity index (χ0v) is 17.9. The lowest BCUT2D eigenvalue weighted by Gasteiger charge is -2.22. The summed E-state index contributed by atoms with van der Waals surface area (Å²) in [6.07, 6.45) is 2.98. The van der Waals surface area contributed by atoms with E-state index >= 15 is 0 Å². The third kappa shape index (κ3) is 5.82. The summed E-state index contributed by atoms with van der Waals surface area (Å²) in [5.74, 6) is 0.538. The number of pyridine rings is 1. The molecule has 0 saturated heterocycles. The highest BCUT2D eigenvalue weighted by Crippen LogP contribution is 2.45. The number of nitro benzene ring substituents is 1. The van der Waals surface area contributed by atoms with Gasteiger partial charge in [0, 0.05) is 29.7 Å². The van der Waals surface area contributed by atoms with Gasteiger partial charge in [0.15, 0.2) is 0 Å². The minimum absolute atomic E-state index is 0.00315. The molecule has 0 atom stereocenters. The summed E-state index contributed by atoms with van der Waals surface area (Å²) in [7, 11) is 0. The number of hydrogen-bond donors (Lipinski definition) is 1. The van der Waals surface area contributed by atoms with Gasteiger partial charge in [-0.15, -0.1) is 0 Å². The molecule has 1 aromatic carbocycles. The van der Waals surface area contributed by atoms with Crippen molar-refractivity contribution < 1.29 is 19.2 Å². The summed E-state index contributed by atoms with van der Waals surface area (Å²) in [6, 6.07) is 7.84. The number of nitrogens with zero attached hydrogens (tertiary/aromatic N) is 2. The second-order valence-electron chi connectivity index (χ2n) is 8.46. The Balaban J connectivity index is 1.62. The number of halogens is 1. The fourth-order valence-electron chi connectivity index (χ4n) is 2.83. The summed E-state index contributed by atoms with van der Waals surface area (Å²) in [5, 5.41) is 13.9. The topological polar surface area (TPSA) is 104 Å². The first-order valence-corrected chi connectivity index (χ1v) is 9.95. The van der Waals surface area contributed by atoms with Crippen molar-refractivity contribution in [3.8, 4) is 16.9 Å². The van der Waals surface area contributed by atoms with Crippen LogP contribution >= 0.6 is 11.6 Å². The van der Waals surface area contributed by atoms with Crippen LogP contribution in [0.4, 0.5) is 10.5 Å². The Hall–Kier alpha value is -2.87. The van der Waals surface area contributed by atoms with E-state index in [2.05, 4.69) is 10.3 Å².